The number of fused-ring (bicyclic) bond motifs is 1. The first-order valence-corrected chi connectivity index (χ1v) is 5.06. The zero-order valence-corrected chi connectivity index (χ0v) is 9.27. The third-order valence-corrected chi connectivity index (χ3v) is 2.67. The summed E-state index contributed by atoms with van der Waals surface area (Å²) in [5, 5.41) is 2.79. The Labute approximate surface area is 93.8 Å². The van der Waals surface area contributed by atoms with Gasteiger partial charge in [0.15, 0.2) is 6.29 Å². The summed E-state index contributed by atoms with van der Waals surface area (Å²) in [5.41, 5.74) is 1.80. The number of allylic oxidation sites excluding steroid dienone is 2. The number of methoxy groups -OCH3 is 2. The van der Waals surface area contributed by atoms with Gasteiger partial charge in [0.25, 0.3) is 0 Å². The Bertz CT molecular complexity index is 381. The molecule has 0 fully saturated rings. The number of aliphatic imine (C=N–C) groups is 1. The van der Waals surface area contributed by atoms with Crippen LogP contribution in [0.4, 0.5) is 4.79 Å². The van der Waals surface area contributed by atoms with Crippen molar-refractivity contribution in [1.82, 2.24) is 5.32 Å². The molecule has 16 heavy (non-hydrogen) atoms. The van der Waals surface area contributed by atoms with E-state index in [4.69, 9.17) is 9.47 Å². The average Bonchev–Trinajstić information content (AvgIpc) is 2.67. The first-order valence-electron chi connectivity index (χ1n) is 5.06. The largest absolute Gasteiger partial charge is 0.356 e. The Morgan fingerprint density at radius 1 is 1.50 bits per heavy atom. The second-order valence-electron chi connectivity index (χ2n) is 3.62. The molecular formula is C11H14N2O3. The molecule has 0 saturated carbocycles. The molecule has 2 rings (SSSR count). The number of hydrogen-bond donors (Lipinski definition) is 1. The first kappa shape index (κ1) is 11.0. The minimum atomic E-state index is -0.295. The first-order chi connectivity index (χ1) is 7.74. The number of urea groups is 1. The Kier molecular flexibility index (Phi) is 3.17. The van der Waals surface area contributed by atoms with Crippen molar-refractivity contribution in [3.05, 3.63) is 23.8 Å². The number of hydrogen-bond acceptors (Lipinski definition) is 3. The molecule has 1 heterocycles. The van der Waals surface area contributed by atoms with Gasteiger partial charge in [-0.05, 0) is 11.6 Å². The summed E-state index contributed by atoms with van der Waals surface area (Å²) in [6, 6.07) is -0.408. The van der Waals surface area contributed by atoms with Crippen molar-refractivity contribution < 1.29 is 14.3 Å². The summed E-state index contributed by atoms with van der Waals surface area (Å²) < 4.78 is 10.3. The van der Waals surface area contributed by atoms with Gasteiger partial charge in [0.05, 0.1) is 11.8 Å². The second kappa shape index (κ2) is 4.59. The molecule has 1 atom stereocenters. The Balaban J connectivity index is 2.11. The van der Waals surface area contributed by atoms with Crippen molar-refractivity contribution in [2.45, 2.75) is 18.8 Å². The highest BCUT2D eigenvalue weighted by Crippen LogP contribution is 2.21. The topological polar surface area (TPSA) is 59.9 Å². The van der Waals surface area contributed by atoms with Gasteiger partial charge < -0.3 is 14.8 Å². The molecule has 0 aromatic carbocycles. The van der Waals surface area contributed by atoms with E-state index < -0.39 is 0 Å². The monoisotopic (exact) mass is 222 g/mol. The van der Waals surface area contributed by atoms with Crippen LogP contribution in [0.2, 0.25) is 0 Å². The van der Waals surface area contributed by atoms with Crippen LogP contribution in [0.25, 0.3) is 0 Å². The van der Waals surface area contributed by atoms with Crippen molar-refractivity contribution in [3.8, 4) is 0 Å². The van der Waals surface area contributed by atoms with E-state index in [1.807, 2.05) is 18.2 Å². The van der Waals surface area contributed by atoms with Crippen molar-refractivity contribution in [2.75, 3.05) is 14.2 Å². The van der Waals surface area contributed by atoms with Crippen molar-refractivity contribution >= 4 is 11.7 Å². The molecule has 2 amide bonds. The maximum Gasteiger partial charge on any atom is 0.342 e. The van der Waals surface area contributed by atoms with Crippen LogP contribution >= 0.6 is 0 Å². The van der Waals surface area contributed by atoms with E-state index in [1.54, 1.807) is 14.2 Å². The van der Waals surface area contributed by atoms with E-state index >= 15 is 0 Å². The molecule has 0 aromatic heterocycles. The van der Waals surface area contributed by atoms with Gasteiger partial charge in [0.2, 0.25) is 0 Å². The van der Waals surface area contributed by atoms with Gasteiger partial charge in [0, 0.05) is 20.6 Å². The van der Waals surface area contributed by atoms with Gasteiger partial charge >= 0.3 is 6.03 Å². The number of nitrogens with zero attached hydrogens (tertiary/aromatic N) is 1. The predicted molar refractivity (Wildman–Crippen MR) is 59.4 cm³/mol. The second-order valence-corrected chi connectivity index (χ2v) is 3.62. The number of ether oxygens (including phenoxy) is 2. The molecule has 0 radical (unpaired) electrons. The zero-order chi connectivity index (χ0) is 11.5. The highest BCUT2D eigenvalue weighted by atomic mass is 16.7. The van der Waals surface area contributed by atoms with Gasteiger partial charge in [-0.2, -0.15) is 4.99 Å². The van der Waals surface area contributed by atoms with E-state index in [9.17, 15) is 4.79 Å². The van der Waals surface area contributed by atoms with E-state index in [2.05, 4.69) is 10.3 Å². The number of carbonyl (C=O) groups is 1. The average molecular weight is 222 g/mol. The van der Waals surface area contributed by atoms with Gasteiger partial charge in [-0.1, -0.05) is 12.2 Å². The number of nitrogens with one attached hydrogen (secondary N) is 1. The van der Waals surface area contributed by atoms with E-state index in [0.29, 0.717) is 6.42 Å². The SMILES string of the molecule is COC(CC1=CC=CC2=NC(=O)NC12)OC. The molecule has 1 N–H and O–H groups in total. The van der Waals surface area contributed by atoms with E-state index in [-0.39, 0.29) is 18.4 Å². The third-order valence-electron chi connectivity index (χ3n) is 2.67. The lowest BCUT2D eigenvalue weighted by atomic mass is 9.95. The van der Waals surface area contributed by atoms with Crippen LogP contribution < -0.4 is 5.32 Å². The lowest BCUT2D eigenvalue weighted by Gasteiger charge is -2.22. The molecule has 1 aliphatic heterocycles. The number of amides is 2. The smallest absolute Gasteiger partial charge is 0.342 e. The molecule has 2 aliphatic rings. The number of rotatable bonds is 4. The van der Waals surface area contributed by atoms with Crippen molar-refractivity contribution in [2.24, 2.45) is 4.99 Å². The lowest BCUT2D eigenvalue weighted by Crippen LogP contribution is -2.35. The molecule has 0 spiro atoms. The quantitative estimate of drug-likeness (QED) is 0.722. The lowest BCUT2D eigenvalue weighted by molar-refractivity contribution is -0.101. The summed E-state index contributed by atoms with van der Waals surface area (Å²) in [4.78, 5) is 15.0. The Morgan fingerprint density at radius 3 is 2.94 bits per heavy atom. The normalized spacial score (nSPS) is 22.9. The van der Waals surface area contributed by atoms with Crippen molar-refractivity contribution in [1.29, 1.82) is 0 Å². The van der Waals surface area contributed by atoms with Gasteiger partial charge in [-0.25, -0.2) is 4.79 Å². The van der Waals surface area contributed by atoms with Crippen LogP contribution in [0.1, 0.15) is 6.42 Å². The van der Waals surface area contributed by atoms with Crippen LogP contribution in [-0.2, 0) is 9.47 Å². The van der Waals surface area contributed by atoms with Gasteiger partial charge in [-0.15, -0.1) is 0 Å². The molecule has 0 saturated heterocycles. The standard InChI is InChI=1S/C11H14N2O3/c1-15-9(16-2)6-7-4-3-5-8-10(7)13-11(14)12-8/h3-5,9-10H,6H2,1-2H3,(H,13,14). The molecular weight excluding hydrogens is 208 g/mol. The molecule has 5 nitrogen and oxygen atoms in total. The summed E-state index contributed by atoms with van der Waals surface area (Å²) in [7, 11) is 3.19. The molecule has 1 aliphatic carbocycles. The fourth-order valence-corrected chi connectivity index (χ4v) is 1.84. The Hall–Kier alpha value is -1.46. The van der Waals surface area contributed by atoms with Crippen LogP contribution in [0, 0.1) is 0 Å². The maximum atomic E-state index is 11.2. The molecule has 0 bridgehead atoms. The summed E-state index contributed by atoms with van der Waals surface area (Å²) in [5.74, 6) is 0. The van der Waals surface area contributed by atoms with Crippen LogP contribution in [0.15, 0.2) is 28.8 Å². The van der Waals surface area contributed by atoms with E-state index in [0.717, 1.165) is 11.3 Å². The van der Waals surface area contributed by atoms with E-state index in [1.165, 1.54) is 0 Å². The molecule has 0 aromatic rings. The predicted octanol–water partition coefficient (Wildman–Crippen LogP) is 1.02. The zero-order valence-electron chi connectivity index (χ0n) is 9.27. The van der Waals surface area contributed by atoms with Crippen molar-refractivity contribution in [3.63, 3.8) is 0 Å². The summed E-state index contributed by atoms with van der Waals surface area (Å²) >= 11 is 0. The maximum absolute atomic E-state index is 11.2. The molecule has 86 valence electrons. The van der Waals surface area contributed by atoms with Crippen LogP contribution in [0.3, 0.4) is 0 Å². The minimum absolute atomic E-state index is 0.120. The summed E-state index contributed by atoms with van der Waals surface area (Å²) in [6.45, 7) is 0. The van der Waals surface area contributed by atoms with Gasteiger partial charge in [0.1, 0.15) is 0 Å². The Morgan fingerprint density at radius 2 is 2.25 bits per heavy atom. The fraction of sp³-hybridized carbons (Fsp3) is 0.455. The third kappa shape index (κ3) is 2.05. The minimum Gasteiger partial charge on any atom is -0.356 e. The number of carbonyl (C=O) groups excluding carboxylic acids is 1. The van der Waals surface area contributed by atoms with Crippen LogP contribution in [-0.4, -0.2) is 38.3 Å². The van der Waals surface area contributed by atoms with Crippen LogP contribution in [0.5, 0.6) is 0 Å². The summed E-state index contributed by atoms with van der Waals surface area (Å²) in [6.07, 6.45) is 5.99. The molecule has 5 heteroatoms. The highest BCUT2D eigenvalue weighted by molar-refractivity contribution is 6.13. The van der Waals surface area contributed by atoms with Gasteiger partial charge in [-0.3, -0.25) is 0 Å². The highest BCUT2D eigenvalue weighted by Gasteiger charge is 2.29. The fourth-order valence-electron chi connectivity index (χ4n) is 1.84. The molecule has 1 unspecified atom stereocenters.